The minimum Gasteiger partial charge on any atom is -0.481 e. The highest BCUT2D eigenvalue weighted by Crippen LogP contribution is 2.32. The molecule has 0 saturated carbocycles. The molecule has 27 heavy (non-hydrogen) atoms. The van der Waals surface area contributed by atoms with E-state index in [2.05, 4.69) is 15.3 Å². The monoisotopic (exact) mass is 382 g/mol. The lowest BCUT2D eigenvalue weighted by molar-refractivity contribution is -0.136. The molecule has 3 aromatic rings. The van der Waals surface area contributed by atoms with Crippen LogP contribution in [0.2, 0.25) is 0 Å². The van der Waals surface area contributed by atoms with Gasteiger partial charge < -0.3 is 5.11 Å². The molecule has 4 rings (SSSR count). The fourth-order valence-electron chi connectivity index (χ4n) is 2.87. The van der Waals surface area contributed by atoms with Gasteiger partial charge in [-0.15, -0.1) is 10.2 Å². The molecule has 0 saturated heterocycles. The van der Waals surface area contributed by atoms with Gasteiger partial charge in [0, 0.05) is 6.42 Å². The Bertz CT molecular complexity index is 1000. The summed E-state index contributed by atoms with van der Waals surface area (Å²) in [6, 6.07) is 15.7. The lowest BCUT2D eigenvalue weighted by atomic mass is 10.1. The number of hydrogen-bond donors (Lipinski definition) is 1. The third-order valence-electron chi connectivity index (χ3n) is 4.14. The predicted octanol–water partition coefficient (Wildman–Crippen LogP) is 3.21. The van der Waals surface area contributed by atoms with Crippen molar-refractivity contribution < 1.29 is 14.3 Å². The van der Waals surface area contributed by atoms with Gasteiger partial charge in [0.1, 0.15) is 5.82 Å². The highest BCUT2D eigenvalue weighted by Gasteiger charge is 2.30. The van der Waals surface area contributed by atoms with Crippen LogP contribution in [-0.4, -0.2) is 36.9 Å². The molecule has 1 atom stereocenters. The van der Waals surface area contributed by atoms with Crippen molar-refractivity contribution in [2.45, 2.75) is 23.2 Å². The fourth-order valence-corrected chi connectivity index (χ4v) is 3.98. The van der Waals surface area contributed by atoms with Gasteiger partial charge in [0.05, 0.1) is 17.4 Å². The third-order valence-corrected chi connectivity index (χ3v) is 5.28. The minimum absolute atomic E-state index is 0.0570. The molecule has 2 heterocycles. The molecule has 1 aliphatic rings. The Morgan fingerprint density at radius 2 is 1.85 bits per heavy atom. The number of carbonyl (C=O) groups is 1. The molecule has 0 fully saturated rings. The summed E-state index contributed by atoms with van der Waals surface area (Å²) in [5.41, 5.74) is 2.43. The smallest absolute Gasteiger partial charge is 0.304 e. The molecule has 1 N–H and O–H groups in total. The second kappa shape index (κ2) is 7.32. The zero-order valence-corrected chi connectivity index (χ0v) is 14.9. The predicted molar refractivity (Wildman–Crippen MR) is 99.5 cm³/mol. The Kier molecular flexibility index (Phi) is 4.72. The number of aliphatic carboxylic acids is 1. The van der Waals surface area contributed by atoms with E-state index < -0.39 is 5.97 Å². The number of halogens is 1. The van der Waals surface area contributed by atoms with Gasteiger partial charge in [-0.3, -0.25) is 4.79 Å². The van der Waals surface area contributed by atoms with Gasteiger partial charge in [0.25, 0.3) is 0 Å². The molecular weight excluding hydrogens is 367 g/mol. The molecule has 1 aromatic heterocycles. The van der Waals surface area contributed by atoms with Gasteiger partial charge in [-0.2, -0.15) is 9.78 Å². The molecule has 0 bridgehead atoms. The number of nitrogens with zero attached hydrogens (tertiary/aromatic N) is 4. The normalized spacial score (nSPS) is 15.9. The van der Waals surface area contributed by atoms with Crippen LogP contribution in [0.15, 0.2) is 64.9 Å². The first-order valence-electron chi connectivity index (χ1n) is 8.31. The van der Waals surface area contributed by atoms with E-state index in [0.29, 0.717) is 23.1 Å². The molecule has 8 heteroatoms. The SMILES string of the molecule is O=C(O)CC1Sc2nnc(Cc3ccc(F)cc3)n2N=C1c1ccccc1. The molecule has 0 aliphatic carbocycles. The molecule has 0 radical (unpaired) electrons. The van der Waals surface area contributed by atoms with Crippen molar-refractivity contribution in [3.63, 3.8) is 0 Å². The number of hydrogen-bond acceptors (Lipinski definition) is 5. The number of aromatic nitrogens is 3. The quantitative estimate of drug-likeness (QED) is 0.733. The van der Waals surface area contributed by atoms with Gasteiger partial charge in [-0.25, -0.2) is 4.39 Å². The van der Waals surface area contributed by atoms with E-state index in [-0.39, 0.29) is 17.5 Å². The number of thioether (sulfide) groups is 1. The van der Waals surface area contributed by atoms with Gasteiger partial charge in [-0.05, 0) is 23.3 Å². The molecule has 1 aliphatic heterocycles. The van der Waals surface area contributed by atoms with Crippen molar-refractivity contribution in [1.29, 1.82) is 0 Å². The topological polar surface area (TPSA) is 80.4 Å². The number of carboxylic acid groups (broad SMARTS) is 1. The van der Waals surface area contributed by atoms with E-state index in [1.54, 1.807) is 16.8 Å². The first kappa shape index (κ1) is 17.4. The summed E-state index contributed by atoms with van der Waals surface area (Å²) in [6.07, 6.45) is 0.390. The fraction of sp³-hybridized carbons (Fsp3) is 0.158. The third kappa shape index (κ3) is 3.75. The molecular formula is C19H15FN4O2S. The van der Waals surface area contributed by atoms with Crippen molar-refractivity contribution in [3.05, 3.63) is 77.4 Å². The van der Waals surface area contributed by atoms with Crippen LogP contribution in [-0.2, 0) is 11.2 Å². The maximum absolute atomic E-state index is 13.1. The average Bonchev–Trinajstić information content (AvgIpc) is 3.05. The number of rotatable bonds is 5. The van der Waals surface area contributed by atoms with Gasteiger partial charge >= 0.3 is 5.97 Å². The summed E-state index contributed by atoms with van der Waals surface area (Å²) in [6.45, 7) is 0. The van der Waals surface area contributed by atoms with E-state index in [1.165, 1.54) is 23.9 Å². The van der Waals surface area contributed by atoms with Crippen molar-refractivity contribution >= 4 is 23.4 Å². The largest absolute Gasteiger partial charge is 0.481 e. The minimum atomic E-state index is -0.893. The van der Waals surface area contributed by atoms with Crippen molar-refractivity contribution in [2.75, 3.05) is 0 Å². The number of carboxylic acids is 1. The molecule has 0 amide bonds. The van der Waals surface area contributed by atoms with Crippen LogP contribution in [0.5, 0.6) is 0 Å². The highest BCUT2D eigenvalue weighted by molar-refractivity contribution is 8.00. The lowest BCUT2D eigenvalue weighted by Crippen LogP contribution is -2.27. The van der Waals surface area contributed by atoms with E-state index in [4.69, 9.17) is 0 Å². The van der Waals surface area contributed by atoms with Crippen LogP contribution in [0.1, 0.15) is 23.4 Å². The maximum atomic E-state index is 13.1. The van der Waals surface area contributed by atoms with Crippen LogP contribution in [0.4, 0.5) is 4.39 Å². The van der Waals surface area contributed by atoms with Crippen LogP contribution < -0.4 is 0 Å². The Balaban J connectivity index is 1.72. The molecule has 0 spiro atoms. The molecule has 2 aromatic carbocycles. The Morgan fingerprint density at radius 3 is 2.56 bits per heavy atom. The summed E-state index contributed by atoms with van der Waals surface area (Å²) in [7, 11) is 0. The van der Waals surface area contributed by atoms with Crippen molar-refractivity contribution in [2.24, 2.45) is 5.10 Å². The molecule has 136 valence electrons. The van der Waals surface area contributed by atoms with Gasteiger partial charge in [-0.1, -0.05) is 54.2 Å². The Hall–Kier alpha value is -3.00. The van der Waals surface area contributed by atoms with Crippen LogP contribution in [0.25, 0.3) is 0 Å². The standard InChI is InChI=1S/C19H15FN4O2S/c20-14-8-6-12(7-9-14)10-16-21-22-19-24(16)23-18(13-4-2-1-3-5-13)15(27-19)11-17(25)26/h1-9,15H,10-11H2,(H,25,26). The van der Waals surface area contributed by atoms with E-state index in [1.807, 2.05) is 30.3 Å². The highest BCUT2D eigenvalue weighted by atomic mass is 32.2. The van der Waals surface area contributed by atoms with Gasteiger partial charge in [0.15, 0.2) is 5.82 Å². The number of fused-ring (bicyclic) bond motifs is 1. The van der Waals surface area contributed by atoms with Crippen molar-refractivity contribution in [3.8, 4) is 0 Å². The van der Waals surface area contributed by atoms with Crippen LogP contribution >= 0.6 is 11.8 Å². The first-order valence-corrected chi connectivity index (χ1v) is 9.19. The first-order chi connectivity index (χ1) is 13.1. The van der Waals surface area contributed by atoms with E-state index >= 15 is 0 Å². The average molecular weight is 382 g/mol. The van der Waals surface area contributed by atoms with E-state index in [9.17, 15) is 14.3 Å². The number of benzene rings is 2. The summed E-state index contributed by atoms with van der Waals surface area (Å²) < 4.78 is 14.8. The summed E-state index contributed by atoms with van der Waals surface area (Å²) >= 11 is 1.34. The molecule has 6 nitrogen and oxygen atoms in total. The lowest BCUT2D eigenvalue weighted by Gasteiger charge is -2.22. The molecule has 1 unspecified atom stereocenters. The maximum Gasteiger partial charge on any atom is 0.304 e. The summed E-state index contributed by atoms with van der Waals surface area (Å²) in [5.74, 6) is -0.569. The van der Waals surface area contributed by atoms with Crippen LogP contribution in [0, 0.1) is 5.82 Å². The van der Waals surface area contributed by atoms with E-state index in [0.717, 1.165) is 11.1 Å². The zero-order chi connectivity index (χ0) is 18.8. The Morgan fingerprint density at radius 1 is 1.11 bits per heavy atom. The summed E-state index contributed by atoms with van der Waals surface area (Å²) in [5, 5.41) is 22.5. The second-order valence-corrected chi connectivity index (χ2v) is 7.24. The second-order valence-electron chi connectivity index (χ2n) is 6.07. The zero-order valence-electron chi connectivity index (χ0n) is 14.1. The Labute approximate surface area is 158 Å². The van der Waals surface area contributed by atoms with Gasteiger partial charge in [0.2, 0.25) is 5.16 Å². The van der Waals surface area contributed by atoms with Crippen molar-refractivity contribution in [1.82, 2.24) is 14.9 Å². The summed E-state index contributed by atoms with van der Waals surface area (Å²) in [4.78, 5) is 11.3. The van der Waals surface area contributed by atoms with Crippen LogP contribution in [0.3, 0.4) is 0 Å².